The van der Waals surface area contributed by atoms with Crippen LogP contribution < -0.4 is 5.30 Å². The van der Waals surface area contributed by atoms with E-state index in [4.69, 9.17) is 0 Å². The summed E-state index contributed by atoms with van der Waals surface area (Å²) in [6.07, 6.45) is 14.2. The van der Waals surface area contributed by atoms with Crippen molar-refractivity contribution in [2.75, 3.05) is 0 Å². The quantitative estimate of drug-likeness (QED) is 0.194. The second kappa shape index (κ2) is 11.5. The lowest BCUT2D eigenvalue weighted by Gasteiger charge is -2.40. The zero-order chi connectivity index (χ0) is 26.9. The predicted molar refractivity (Wildman–Crippen MR) is 177 cm³/mol. The van der Waals surface area contributed by atoms with E-state index in [0.717, 1.165) is 11.3 Å². The van der Waals surface area contributed by atoms with E-state index in [-0.39, 0.29) is 7.92 Å². The van der Waals surface area contributed by atoms with Crippen molar-refractivity contribution >= 4 is 34.8 Å². The van der Waals surface area contributed by atoms with Crippen LogP contribution in [0.5, 0.6) is 0 Å². The van der Waals surface area contributed by atoms with E-state index in [2.05, 4.69) is 104 Å². The van der Waals surface area contributed by atoms with Gasteiger partial charge in [0.05, 0.1) is 0 Å². The minimum Gasteiger partial charge on any atom is -0.0683 e. The fraction of sp³-hybridized carbons (Fsp3) is 0.333. The molecule has 0 nitrogen and oxygen atoms in total. The van der Waals surface area contributed by atoms with E-state index in [1.54, 1.807) is 5.30 Å². The molecule has 7 rings (SSSR count). The molecule has 0 radical (unpaired) electrons. The Labute approximate surface area is 241 Å². The molecule has 0 unspecified atom stereocenters. The summed E-state index contributed by atoms with van der Waals surface area (Å²) in [4.78, 5) is 0. The molecule has 2 fully saturated rings. The van der Waals surface area contributed by atoms with Crippen LogP contribution in [0.25, 0.3) is 43.8 Å². The average molecular weight is 541 g/mol. The fourth-order valence-corrected chi connectivity index (χ4v) is 11.8. The number of hydrogen-bond acceptors (Lipinski definition) is 0. The number of fused-ring (bicyclic) bond motifs is 2. The van der Waals surface area contributed by atoms with Crippen molar-refractivity contribution in [2.45, 2.75) is 82.4 Å². The van der Waals surface area contributed by atoms with Crippen molar-refractivity contribution in [1.82, 2.24) is 0 Å². The Bertz CT molecular complexity index is 1620. The lowest BCUT2D eigenvalue weighted by Crippen LogP contribution is -2.27. The van der Waals surface area contributed by atoms with Gasteiger partial charge in [-0.2, -0.15) is 0 Å². The van der Waals surface area contributed by atoms with Crippen LogP contribution in [0.3, 0.4) is 0 Å². The van der Waals surface area contributed by atoms with Gasteiger partial charge in [0.1, 0.15) is 0 Å². The first-order valence-corrected chi connectivity index (χ1v) is 17.2. The molecule has 0 saturated heterocycles. The zero-order valence-corrected chi connectivity index (χ0v) is 24.8. The van der Waals surface area contributed by atoms with Gasteiger partial charge in [0, 0.05) is 0 Å². The highest BCUT2D eigenvalue weighted by atomic mass is 31.1. The molecule has 40 heavy (non-hydrogen) atoms. The third kappa shape index (κ3) is 4.80. The van der Waals surface area contributed by atoms with Crippen molar-refractivity contribution in [3.8, 4) is 22.3 Å². The van der Waals surface area contributed by atoms with E-state index < -0.39 is 0 Å². The summed E-state index contributed by atoms with van der Waals surface area (Å²) in [6.45, 7) is 2.27. The summed E-state index contributed by atoms with van der Waals surface area (Å²) in [5.41, 5.74) is 8.82. The first-order chi connectivity index (χ1) is 19.8. The molecule has 0 spiro atoms. The first kappa shape index (κ1) is 26.0. The molecule has 0 bridgehead atoms. The maximum atomic E-state index is 2.59. The number of aryl methyl sites for hydroxylation is 1. The van der Waals surface area contributed by atoms with Gasteiger partial charge in [-0.05, 0) is 98.6 Å². The minimum atomic E-state index is -0.254. The maximum absolute atomic E-state index is 2.59. The van der Waals surface area contributed by atoms with Gasteiger partial charge >= 0.3 is 0 Å². The molecule has 5 aromatic rings. The number of benzene rings is 5. The smallest absolute Gasteiger partial charge is 0.00140 e. The molecule has 2 aliphatic rings. The first-order valence-electron chi connectivity index (χ1n) is 15.7. The van der Waals surface area contributed by atoms with Gasteiger partial charge in [0.15, 0.2) is 0 Å². The summed E-state index contributed by atoms with van der Waals surface area (Å²) in [5, 5.41) is 7.23. The summed E-state index contributed by atoms with van der Waals surface area (Å²) in [7, 11) is -0.254. The van der Waals surface area contributed by atoms with E-state index >= 15 is 0 Å². The second-order valence-corrected chi connectivity index (χ2v) is 15.0. The Kier molecular flexibility index (Phi) is 7.47. The van der Waals surface area contributed by atoms with E-state index in [9.17, 15) is 0 Å². The van der Waals surface area contributed by atoms with Gasteiger partial charge in [0.2, 0.25) is 0 Å². The Morgan fingerprint density at radius 3 is 1.62 bits per heavy atom. The standard InChI is InChI=1S/C39H41P/c1-28-14-8-11-21-33(28)36-26-24-29-15-9-12-22-34(29)38(36)39-35-23-13-10-16-30(35)25-27-37(39)40(31-17-4-2-5-18-31)32-19-6-3-7-20-32/h8-16,21-27,31-32H,2-7,17-20H2,1H3. The Balaban J connectivity index is 1.57. The monoisotopic (exact) mass is 540 g/mol. The van der Waals surface area contributed by atoms with Crippen molar-refractivity contribution in [3.05, 3.63) is 103 Å². The lowest BCUT2D eigenvalue weighted by atomic mass is 9.86. The molecule has 0 aromatic heterocycles. The van der Waals surface area contributed by atoms with Crippen molar-refractivity contribution in [1.29, 1.82) is 0 Å². The molecule has 0 aliphatic heterocycles. The lowest BCUT2D eigenvalue weighted by molar-refractivity contribution is 0.487. The molecular formula is C39H41P. The van der Waals surface area contributed by atoms with Gasteiger partial charge in [-0.15, -0.1) is 0 Å². The van der Waals surface area contributed by atoms with Crippen LogP contribution >= 0.6 is 7.92 Å². The van der Waals surface area contributed by atoms with Gasteiger partial charge < -0.3 is 0 Å². The Hall–Kier alpha value is -2.95. The van der Waals surface area contributed by atoms with Gasteiger partial charge in [-0.25, -0.2) is 0 Å². The maximum Gasteiger partial charge on any atom is -0.00140 e. The highest BCUT2D eigenvalue weighted by Crippen LogP contribution is 2.57. The third-order valence-electron chi connectivity index (χ3n) is 9.74. The van der Waals surface area contributed by atoms with E-state index in [0.29, 0.717) is 0 Å². The summed E-state index contributed by atoms with van der Waals surface area (Å²) in [6, 6.07) is 37.1. The topological polar surface area (TPSA) is 0 Å². The summed E-state index contributed by atoms with van der Waals surface area (Å²) >= 11 is 0. The molecule has 5 aromatic carbocycles. The molecule has 202 valence electrons. The largest absolute Gasteiger partial charge is 0.0683 e. The second-order valence-electron chi connectivity index (χ2n) is 12.2. The molecule has 0 N–H and O–H groups in total. The molecular weight excluding hydrogens is 499 g/mol. The zero-order valence-electron chi connectivity index (χ0n) is 23.9. The number of rotatable bonds is 5. The molecule has 0 amide bonds. The predicted octanol–water partition coefficient (Wildman–Crippen LogP) is 11.4. The summed E-state index contributed by atoms with van der Waals surface area (Å²) < 4.78 is 0. The van der Waals surface area contributed by atoms with Crippen LogP contribution in [-0.4, -0.2) is 11.3 Å². The van der Waals surface area contributed by atoms with Crippen LogP contribution in [0.1, 0.15) is 69.8 Å². The van der Waals surface area contributed by atoms with Gasteiger partial charge in [-0.3, -0.25) is 0 Å². The highest BCUT2D eigenvalue weighted by molar-refractivity contribution is 7.67. The van der Waals surface area contributed by atoms with Crippen molar-refractivity contribution in [2.24, 2.45) is 0 Å². The summed E-state index contributed by atoms with van der Waals surface area (Å²) in [5.74, 6) is 0. The van der Waals surface area contributed by atoms with E-state index in [1.807, 2.05) is 0 Å². The molecule has 0 heterocycles. The van der Waals surface area contributed by atoms with Crippen LogP contribution in [0, 0.1) is 6.92 Å². The van der Waals surface area contributed by atoms with Crippen LogP contribution in [0.4, 0.5) is 0 Å². The van der Waals surface area contributed by atoms with Crippen LogP contribution in [-0.2, 0) is 0 Å². The molecule has 2 saturated carbocycles. The normalized spacial score (nSPS) is 17.1. The van der Waals surface area contributed by atoms with Gasteiger partial charge in [-0.1, -0.05) is 144 Å². The van der Waals surface area contributed by atoms with Crippen molar-refractivity contribution < 1.29 is 0 Å². The SMILES string of the molecule is Cc1ccccc1-c1ccc2ccccc2c1-c1c(P(C2CCCCC2)C2CCCCC2)ccc2ccccc12. The molecule has 2 aliphatic carbocycles. The van der Waals surface area contributed by atoms with Crippen molar-refractivity contribution in [3.63, 3.8) is 0 Å². The van der Waals surface area contributed by atoms with Gasteiger partial charge in [0.25, 0.3) is 0 Å². The highest BCUT2D eigenvalue weighted by Gasteiger charge is 2.35. The average Bonchev–Trinajstić information content (AvgIpc) is 3.02. The van der Waals surface area contributed by atoms with E-state index in [1.165, 1.54) is 114 Å². The third-order valence-corrected chi connectivity index (χ3v) is 13.3. The van der Waals surface area contributed by atoms with Crippen LogP contribution in [0.2, 0.25) is 0 Å². The number of hydrogen-bond donors (Lipinski definition) is 0. The Morgan fingerprint density at radius 2 is 1.00 bits per heavy atom. The minimum absolute atomic E-state index is 0.254. The Morgan fingerprint density at radius 1 is 0.475 bits per heavy atom. The fourth-order valence-electron chi connectivity index (χ4n) is 7.79. The van der Waals surface area contributed by atoms with Crippen LogP contribution in [0.15, 0.2) is 97.1 Å². The molecule has 1 heteroatoms. The molecule has 0 atom stereocenters.